The molecule has 0 aliphatic heterocycles. The summed E-state index contributed by atoms with van der Waals surface area (Å²) >= 11 is 0. The molecule has 0 aromatic rings. The summed E-state index contributed by atoms with van der Waals surface area (Å²) in [6, 6.07) is -0.333. The Morgan fingerprint density at radius 2 is 0.857 bits per heavy atom. The van der Waals surface area contributed by atoms with Gasteiger partial charge >= 0.3 is 0 Å². The maximum atomic E-state index is 11.3. The van der Waals surface area contributed by atoms with Crippen LogP contribution in [0.2, 0.25) is 0 Å². The van der Waals surface area contributed by atoms with Gasteiger partial charge in [0.05, 0.1) is 105 Å². The Bertz CT molecular complexity index is 445. The Labute approximate surface area is 211 Å². The van der Waals surface area contributed by atoms with Gasteiger partial charge in [-0.2, -0.15) is 0 Å². The van der Waals surface area contributed by atoms with E-state index in [4.69, 9.17) is 43.6 Å². The van der Waals surface area contributed by atoms with E-state index >= 15 is 0 Å². The first kappa shape index (κ1) is 34.1. The lowest BCUT2D eigenvalue weighted by Gasteiger charge is -2.18. The topological polar surface area (TPSA) is 129 Å². The van der Waals surface area contributed by atoms with Crippen molar-refractivity contribution in [3.8, 4) is 0 Å². The molecule has 0 aromatic heterocycles. The lowest BCUT2D eigenvalue weighted by Crippen LogP contribution is -2.46. The van der Waals surface area contributed by atoms with Crippen molar-refractivity contribution in [2.45, 2.75) is 33.2 Å². The largest absolute Gasteiger partial charge is 0.379 e. The van der Waals surface area contributed by atoms with Crippen molar-refractivity contribution in [3.05, 3.63) is 0 Å². The van der Waals surface area contributed by atoms with E-state index in [0.29, 0.717) is 106 Å². The highest BCUT2D eigenvalue weighted by Crippen LogP contribution is 1.99. The van der Waals surface area contributed by atoms with Crippen LogP contribution in [0, 0.1) is 5.92 Å². The minimum Gasteiger partial charge on any atom is -0.379 e. The third-order valence-corrected chi connectivity index (χ3v) is 4.54. The summed E-state index contributed by atoms with van der Waals surface area (Å²) in [5.41, 5.74) is 5.34. The number of nitrogens with two attached hydrogens (primary N) is 1. The lowest BCUT2D eigenvalue weighted by atomic mass is 10.0. The van der Waals surface area contributed by atoms with Gasteiger partial charge in [0.2, 0.25) is 5.91 Å². The molecule has 0 spiro atoms. The van der Waals surface area contributed by atoms with Crippen LogP contribution in [0.25, 0.3) is 0 Å². The van der Waals surface area contributed by atoms with Gasteiger partial charge in [-0.25, -0.2) is 0 Å². The number of primary amides is 1. The molecule has 0 aliphatic carbocycles. The molecular formula is C24H50N2O9. The molecule has 0 saturated heterocycles. The number of nitrogens with one attached hydrogen (secondary N) is 1. The summed E-state index contributed by atoms with van der Waals surface area (Å²) in [4.78, 5) is 11.3. The Morgan fingerprint density at radius 1 is 0.571 bits per heavy atom. The minimum atomic E-state index is -0.343. The molecule has 0 fully saturated rings. The number of rotatable bonds is 29. The molecule has 11 heteroatoms. The van der Waals surface area contributed by atoms with Crippen molar-refractivity contribution < 1.29 is 42.7 Å². The summed E-state index contributed by atoms with van der Waals surface area (Å²) in [7, 11) is 0. The maximum Gasteiger partial charge on any atom is 0.234 e. The molecule has 0 aromatic carbocycles. The Kier molecular flexibility index (Phi) is 27.0. The van der Waals surface area contributed by atoms with E-state index in [-0.39, 0.29) is 17.9 Å². The standard InChI is InChI=1S/C24H50N2O9/c1-4-6-28-8-10-30-12-14-32-16-18-34-20-21-35-19-17-33-15-13-31-11-9-29-7-5-26-23(22(2)3)24(25)27/h22-23,26H,4-21H2,1-3H3,(H2,25,27). The highest BCUT2D eigenvalue weighted by atomic mass is 16.6. The smallest absolute Gasteiger partial charge is 0.234 e. The van der Waals surface area contributed by atoms with Gasteiger partial charge in [0.25, 0.3) is 0 Å². The molecule has 3 N–H and O–H groups in total. The number of hydrogen-bond donors (Lipinski definition) is 2. The summed E-state index contributed by atoms with van der Waals surface area (Å²) in [6.45, 7) is 15.3. The molecule has 0 radical (unpaired) electrons. The lowest BCUT2D eigenvalue weighted by molar-refractivity contribution is -0.121. The molecule has 210 valence electrons. The average molecular weight is 511 g/mol. The zero-order chi connectivity index (χ0) is 25.8. The molecule has 1 unspecified atom stereocenters. The molecule has 11 nitrogen and oxygen atoms in total. The highest BCUT2D eigenvalue weighted by Gasteiger charge is 2.17. The van der Waals surface area contributed by atoms with Gasteiger partial charge in [0.1, 0.15) is 0 Å². The predicted octanol–water partition coefficient (Wildman–Crippen LogP) is 0.629. The predicted molar refractivity (Wildman–Crippen MR) is 133 cm³/mol. The van der Waals surface area contributed by atoms with E-state index in [0.717, 1.165) is 13.0 Å². The van der Waals surface area contributed by atoms with Crippen LogP contribution in [-0.4, -0.2) is 124 Å². The van der Waals surface area contributed by atoms with Crippen LogP contribution in [0.1, 0.15) is 27.2 Å². The fourth-order valence-electron chi connectivity index (χ4n) is 2.74. The SMILES string of the molecule is CCCOCCOCCOCCOCCOCCOCCOCCOCCNC(C(N)=O)C(C)C. The first-order valence-electron chi connectivity index (χ1n) is 12.7. The monoisotopic (exact) mass is 510 g/mol. The first-order valence-corrected chi connectivity index (χ1v) is 12.7. The van der Waals surface area contributed by atoms with Gasteiger partial charge in [-0.15, -0.1) is 0 Å². The molecular weight excluding hydrogens is 460 g/mol. The molecule has 0 heterocycles. The second-order valence-electron chi connectivity index (χ2n) is 7.98. The van der Waals surface area contributed by atoms with Crippen molar-refractivity contribution in [2.24, 2.45) is 11.7 Å². The van der Waals surface area contributed by atoms with Gasteiger partial charge in [0.15, 0.2) is 0 Å². The van der Waals surface area contributed by atoms with Crippen LogP contribution in [0.15, 0.2) is 0 Å². The van der Waals surface area contributed by atoms with Gasteiger partial charge in [-0.3, -0.25) is 4.79 Å². The molecule has 1 atom stereocenters. The zero-order valence-corrected chi connectivity index (χ0v) is 22.1. The van der Waals surface area contributed by atoms with Gasteiger partial charge in [-0.05, 0) is 12.3 Å². The van der Waals surface area contributed by atoms with Gasteiger partial charge in [-0.1, -0.05) is 20.8 Å². The van der Waals surface area contributed by atoms with E-state index < -0.39 is 0 Å². The third-order valence-electron chi connectivity index (χ3n) is 4.54. The van der Waals surface area contributed by atoms with Crippen LogP contribution in [0.4, 0.5) is 0 Å². The fourth-order valence-corrected chi connectivity index (χ4v) is 2.74. The number of hydrogen-bond acceptors (Lipinski definition) is 10. The van der Waals surface area contributed by atoms with Gasteiger partial charge in [0, 0.05) is 13.2 Å². The number of carbonyl (C=O) groups is 1. The second kappa shape index (κ2) is 27.7. The van der Waals surface area contributed by atoms with E-state index in [1.807, 2.05) is 13.8 Å². The maximum absolute atomic E-state index is 11.3. The van der Waals surface area contributed by atoms with Crippen molar-refractivity contribution in [2.75, 3.05) is 112 Å². The van der Waals surface area contributed by atoms with Crippen LogP contribution >= 0.6 is 0 Å². The molecule has 0 saturated carbocycles. The summed E-state index contributed by atoms with van der Waals surface area (Å²) in [5, 5.41) is 3.09. The minimum absolute atomic E-state index is 0.150. The molecule has 1 amide bonds. The molecule has 35 heavy (non-hydrogen) atoms. The van der Waals surface area contributed by atoms with E-state index in [1.165, 1.54) is 0 Å². The Hall–Kier alpha value is -0.890. The average Bonchev–Trinajstić information content (AvgIpc) is 2.83. The highest BCUT2D eigenvalue weighted by molar-refractivity contribution is 5.80. The van der Waals surface area contributed by atoms with Crippen LogP contribution in [0.5, 0.6) is 0 Å². The first-order chi connectivity index (χ1) is 17.1. The third kappa shape index (κ3) is 26.0. The number of amides is 1. The Morgan fingerprint density at radius 3 is 1.11 bits per heavy atom. The second-order valence-corrected chi connectivity index (χ2v) is 7.98. The number of carbonyl (C=O) groups excluding carboxylic acids is 1. The van der Waals surface area contributed by atoms with Gasteiger partial charge < -0.3 is 48.9 Å². The molecule has 0 aliphatic rings. The quantitative estimate of drug-likeness (QED) is 0.138. The normalized spacial score (nSPS) is 12.5. The van der Waals surface area contributed by atoms with Crippen LogP contribution < -0.4 is 11.1 Å². The summed E-state index contributed by atoms with van der Waals surface area (Å²) in [6.07, 6.45) is 1.02. The summed E-state index contributed by atoms with van der Waals surface area (Å²) in [5.74, 6) is -0.192. The van der Waals surface area contributed by atoms with Crippen molar-refractivity contribution in [3.63, 3.8) is 0 Å². The van der Waals surface area contributed by atoms with E-state index in [2.05, 4.69) is 12.2 Å². The molecule has 0 bridgehead atoms. The summed E-state index contributed by atoms with van der Waals surface area (Å²) < 4.78 is 43.3. The van der Waals surface area contributed by atoms with Crippen LogP contribution in [-0.2, 0) is 42.7 Å². The van der Waals surface area contributed by atoms with Crippen molar-refractivity contribution in [1.29, 1.82) is 0 Å². The van der Waals surface area contributed by atoms with Crippen molar-refractivity contribution >= 4 is 5.91 Å². The van der Waals surface area contributed by atoms with Crippen LogP contribution in [0.3, 0.4) is 0 Å². The van der Waals surface area contributed by atoms with E-state index in [1.54, 1.807) is 0 Å². The fraction of sp³-hybridized carbons (Fsp3) is 0.958. The van der Waals surface area contributed by atoms with Crippen molar-refractivity contribution in [1.82, 2.24) is 5.32 Å². The zero-order valence-electron chi connectivity index (χ0n) is 22.1. The Balaban J connectivity index is 3.13. The molecule has 0 rings (SSSR count). The van der Waals surface area contributed by atoms with E-state index in [9.17, 15) is 4.79 Å². The number of ether oxygens (including phenoxy) is 8.